The fourth-order valence-corrected chi connectivity index (χ4v) is 3.11. The first-order valence-corrected chi connectivity index (χ1v) is 9.94. The lowest BCUT2D eigenvalue weighted by Gasteiger charge is -2.12. The average molecular weight is 383 g/mol. The van der Waals surface area contributed by atoms with Crippen LogP contribution in [0.15, 0.2) is 24.3 Å². The van der Waals surface area contributed by atoms with Gasteiger partial charge in [0.05, 0.1) is 13.7 Å². The third-order valence-electron chi connectivity index (χ3n) is 4.73. The standard InChI is InChI=1S/C21H29N5O2/c1-4-6-8-17-23-18-19(21(25-24-20(18)22)28-13-7-5-2)26(17)14-15-9-11-16(27-3)12-10-15/h9-12H,4-8,13-14H2,1-3H3,(H2,22,24). The summed E-state index contributed by atoms with van der Waals surface area (Å²) in [5.74, 6) is 2.66. The number of imidazole rings is 1. The first kappa shape index (κ1) is 19.9. The van der Waals surface area contributed by atoms with Crippen LogP contribution in [-0.2, 0) is 13.0 Å². The van der Waals surface area contributed by atoms with Gasteiger partial charge in [-0.2, -0.15) is 0 Å². The van der Waals surface area contributed by atoms with Gasteiger partial charge in [0.1, 0.15) is 22.6 Å². The zero-order valence-corrected chi connectivity index (χ0v) is 16.9. The number of ether oxygens (including phenoxy) is 2. The van der Waals surface area contributed by atoms with Crippen LogP contribution in [-0.4, -0.2) is 33.5 Å². The summed E-state index contributed by atoms with van der Waals surface area (Å²) in [5.41, 5.74) is 8.74. The highest BCUT2D eigenvalue weighted by Gasteiger charge is 2.19. The topological polar surface area (TPSA) is 88.1 Å². The van der Waals surface area contributed by atoms with E-state index < -0.39 is 0 Å². The molecule has 28 heavy (non-hydrogen) atoms. The van der Waals surface area contributed by atoms with Crippen LogP contribution in [0.5, 0.6) is 11.6 Å². The van der Waals surface area contributed by atoms with E-state index >= 15 is 0 Å². The Morgan fingerprint density at radius 3 is 2.46 bits per heavy atom. The van der Waals surface area contributed by atoms with Crippen molar-refractivity contribution in [3.63, 3.8) is 0 Å². The Morgan fingerprint density at radius 2 is 1.79 bits per heavy atom. The van der Waals surface area contributed by atoms with Crippen molar-refractivity contribution in [2.45, 2.75) is 52.5 Å². The van der Waals surface area contributed by atoms with Crippen LogP contribution in [0.4, 0.5) is 5.82 Å². The number of anilines is 1. The Kier molecular flexibility index (Phi) is 6.68. The van der Waals surface area contributed by atoms with Crippen molar-refractivity contribution in [3.8, 4) is 11.6 Å². The first-order chi connectivity index (χ1) is 13.7. The molecule has 2 N–H and O–H groups in total. The van der Waals surface area contributed by atoms with E-state index in [1.807, 2.05) is 12.1 Å². The third kappa shape index (κ3) is 4.35. The number of methoxy groups -OCH3 is 1. The minimum Gasteiger partial charge on any atom is -0.497 e. The number of aromatic nitrogens is 4. The normalized spacial score (nSPS) is 11.1. The molecule has 0 saturated heterocycles. The zero-order valence-electron chi connectivity index (χ0n) is 16.9. The Morgan fingerprint density at radius 1 is 1.04 bits per heavy atom. The monoisotopic (exact) mass is 383 g/mol. The molecular formula is C21H29N5O2. The molecular weight excluding hydrogens is 354 g/mol. The number of hydrogen-bond acceptors (Lipinski definition) is 6. The summed E-state index contributed by atoms with van der Waals surface area (Å²) in [6.45, 7) is 5.56. The number of rotatable bonds is 10. The number of unbranched alkanes of at least 4 members (excludes halogenated alkanes) is 2. The van der Waals surface area contributed by atoms with Gasteiger partial charge in [0.2, 0.25) is 0 Å². The van der Waals surface area contributed by atoms with E-state index in [0.29, 0.717) is 30.4 Å². The van der Waals surface area contributed by atoms with Crippen molar-refractivity contribution in [1.29, 1.82) is 0 Å². The highest BCUT2D eigenvalue weighted by molar-refractivity contribution is 5.88. The van der Waals surface area contributed by atoms with E-state index in [4.69, 9.17) is 20.2 Å². The lowest BCUT2D eigenvalue weighted by molar-refractivity contribution is 0.297. The molecule has 7 nitrogen and oxygen atoms in total. The van der Waals surface area contributed by atoms with Crippen LogP contribution in [0.3, 0.4) is 0 Å². The summed E-state index contributed by atoms with van der Waals surface area (Å²) in [5, 5.41) is 8.28. The maximum atomic E-state index is 6.10. The molecule has 0 amide bonds. The molecule has 0 aliphatic heterocycles. The Labute approximate surface area is 165 Å². The van der Waals surface area contributed by atoms with E-state index in [9.17, 15) is 0 Å². The smallest absolute Gasteiger partial charge is 0.260 e. The van der Waals surface area contributed by atoms with Crippen molar-refractivity contribution in [2.75, 3.05) is 19.5 Å². The molecule has 3 aromatic rings. The maximum absolute atomic E-state index is 6.10. The molecule has 150 valence electrons. The van der Waals surface area contributed by atoms with Crippen molar-refractivity contribution in [2.24, 2.45) is 0 Å². The quantitative estimate of drug-likeness (QED) is 0.533. The van der Waals surface area contributed by atoms with Gasteiger partial charge in [0.15, 0.2) is 5.82 Å². The van der Waals surface area contributed by atoms with Crippen LogP contribution in [0.2, 0.25) is 0 Å². The molecule has 7 heteroatoms. The molecule has 0 bridgehead atoms. The predicted octanol–water partition coefficient (Wildman–Crippen LogP) is 3.99. The molecule has 0 saturated carbocycles. The summed E-state index contributed by atoms with van der Waals surface area (Å²) < 4.78 is 13.4. The molecule has 0 atom stereocenters. The van der Waals surface area contributed by atoms with Gasteiger partial charge in [-0.05, 0) is 30.5 Å². The molecule has 0 aliphatic rings. The second-order valence-electron chi connectivity index (χ2n) is 6.86. The highest BCUT2D eigenvalue weighted by Crippen LogP contribution is 2.29. The summed E-state index contributed by atoms with van der Waals surface area (Å²) in [6.07, 6.45) is 5.03. The Balaban J connectivity index is 2.05. The van der Waals surface area contributed by atoms with Crippen LogP contribution in [0, 0.1) is 0 Å². The van der Waals surface area contributed by atoms with E-state index in [0.717, 1.165) is 54.8 Å². The minimum absolute atomic E-state index is 0.337. The van der Waals surface area contributed by atoms with Crippen LogP contribution < -0.4 is 15.2 Å². The lowest BCUT2D eigenvalue weighted by Crippen LogP contribution is -2.08. The fraction of sp³-hybridized carbons (Fsp3) is 0.476. The van der Waals surface area contributed by atoms with E-state index in [2.05, 4.69) is 40.7 Å². The van der Waals surface area contributed by atoms with Crippen LogP contribution >= 0.6 is 0 Å². The van der Waals surface area contributed by atoms with Gasteiger partial charge >= 0.3 is 0 Å². The SMILES string of the molecule is CCCCOc1nnc(N)c2nc(CCCC)n(Cc3ccc(OC)cc3)c12. The van der Waals surface area contributed by atoms with Crippen molar-refractivity contribution < 1.29 is 9.47 Å². The van der Waals surface area contributed by atoms with Gasteiger partial charge in [-0.25, -0.2) is 4.98 Å². The van der Waals surface area contributed by atoms with Gasteiger partial charge in [-0.15, -0.1) is 10.2 Å². The predicted molar refractivity (Wildman–Crippen MR) is 111 cm³/mol. The molecule has 3 rings (SSSR count). The van der Waals surface area contributed by atoms with Gasteiger partial charge in [0, 0.05) is 13.0 Å². The lowest BCUT2D eigenvalue weighted by atomic mass is 10.2. The van der Waals surface area contributed by atoms with E-state index in [-0.39, 0.29) is 0 Å². The van der Waals surface area contributed by atoms with Crippen LogP contribution in [0.1, 0.15) is 50.9 Å². The van der Waals surface area contributed by atoms with Crippen LogP contribution in [0.25, 0.3) is 11.0 Å². The second kappa shape index (κ2) is 9.39. The largest absolute Gasteiger partial charge is 0.497 e. The minimum atomic E-state index is 0.337. The molecule has 0 spiro atoms. The molecule has 1 aromatic carbocycles. The molecule has 2 heterocycles. The second-order valence-corrected chi connectivity index (χ2v) is 6.86. The molecule has 0 unspecified atom stereocenters. The molecule has 0 radical (unpaired) electrons. The number of nitrogens with two attached hydrogens (primary N) is 1. The number of fused-ring (bicyclic) bond motifs is 1. The highest BCUT2D eigenvalue weighted by atomic mass is 16.5. The average Bonchev–Trinajstić information content (AvgIpc) is 3.08. The number of benzene rings is 1. The molecule has 0 fully saturated rings. The van der Waals surface area contributed by atoms with Crippen molar-refractivity contribution in [3.05, 3.63) is 35.7 Å². The zero-order chi connectivity index (χ0) is 19.9. The first-order valence-electron chi connectivity index (χ1n) is 9.94. The van der Waals surface area contributed by atoms with Crippen molar-refractivity contribution >= 4 is 16.9 Å². The summed E-state index contributed by atoms with van der Waals surface area (Å²) >= 11 is 0. The van der Waals surface area contributed by atoms with Gasteiger partial charge in [-0.3, -0.25) is 0 Å². The van der Waals surface area contributed by atoms with Gasteiger partial charge < -0.3 is 19.8 Å². The van der Waals surface area contributed by atoms with Crippen molar-refractivity contribution in [1.82, 2.24) is 19.7 Å². The van der Waals surface area contributed by atoms with Gasteiger partial charge in [0.25, 0.3) is 5.88 Å². The molecule has 0 aliphatic carbocycles. The number of aryl methyl sites for hydroxylation is 1. The number of nitrogen functional groups attached to an aromatic ring is 1. The fourth-order valence-electron chi connectivity index (χ4n) is 3.11. The summed E-state index contributed by atoms with van der Waals surface area (Å²) in [4.78, 5) is 4.80. The maximum Gasteiger partial charge on any atom is 0.260 e. The van der Waals surface area contributed by atoms with E-state index in [1.54, 1.807) is 7.11 Å². The number of hydrogen-bond donors (Lipinski definition) is 1. The van der Waals surface area contributed by atoms with E-state index in [1.165, 1.54) is 0 Å². The third-order valence-corrected chi connectivity index (χ3v) is 4.73. The Hall–Kier alpha value is -2.83. The summed E-state index contributed by atoms with van der Waals surface area (Å²) in [7, 11) is 1.67. The molecule has 2 aromatic heterocycles. The Bertz CT molecular complexity index is 905. The van der Waals surface area contributed by atoms with Gasteiger partial charge in [-0.1, -0.05) is 38.8 Å². The number of nitrogens with zero attached hydrogens (tertiary/aromatic N) is 4. The summed E-state index contributed by atoms with van der Waals surface area (Å²) in [6, 6.07) is 8.05.